The lowest BCUT2D eigenvalue weighted by Crippen LogP contribution is -2.19. The highest BCUT2D eigenvalue weighted by atomic mass is 16.2. The van der Waals surface area contributed by atoms with Gasteiger partial charge in [0.1, 0.15) is 5.69 Å². The molecule has 2 aromatic carbocycles. The van der Waals surface area contributed by atoms with Crippen LogP contribution in [0.15, 0.2) is 42.5 Å². The Hall–Kier alpha value is -2.55. The molecule has 0 saturated carbocycles. The van der Waals surface area contributed by atoms with Crippen molar-refractivity contribution >= 4 is 22.5 Å². The summed E-state index contributed by atoms with van der Waals surface area (Å²) >= 11 is 0. The maximum atomic E-state index is 13.2. The molecule has 0 aliphatic heterocycles. The molecule has 0 unspecified atom stereocenters. The predicted octanol–water partition coefficient (Wildman–Crippen LogP) is 5.62. The fraction of sp³-hybridized carbons (Fsp3) is 0.318. The van der Waals surface area contributed by atoms with E-state index in [9.17, 15) is 4.79 Å². The Morgan fingerprint density at radius 3 is 2.36 bits per heavy atom. The van der Waals surface area contributed by atoms with Crippen molar-refractivity contribution in [3.05, 3.63) is 64.8 Å². The van der Waals surface area contributed by atoms with Gasteiger partial charge in [-0.2, -0.15) is 0 Å². The third-order valence-corrected chi connectivity index (χ3v) is 4.89. The molecule has 3 rings (SSSR count). The number of hydrogen-bond donors (Lipinski definition) is 1. The van der Waals surface area contributed by atoms with Crippen LogP contribution in [-0.4, -0.2) is 10.5 Å². The zero-order valence-corrected chi connectivity index (χ0v) is 15.5. The normalized spacial score (nSPS) is 11.0. The van der Waals surface area contributed by atoms with Gasteiger partial charge < -0.3 is 9.88 Å². The Morgan fingerprint density at radius 2 is 1.68 bits per heavy atom. The molecule has 0 saturated heterocycles. The third-order valence-electron chi connectivity index (χ3n) is 4.89. The maximum Gasteiger partial charge on any atom is 0.272 e. The highest BCUT2D eigenvalue weighted by Crippen LogP contribution is 2.28. The summed E-state index contributed by atoms with van der Waals surface area (Å²) in [4.78, 5) is 13.2. The predicted molar refractivity (Wildman–Crippen MR) is 105 cm³/mol. The topological polar surface area (TPSA) is 34.0 Å². The average molecular weight is 334 g/mol. The van der Waals surface area contributed by atoms with Crippen molar-refractivity contribution < 1.29 is 4.79 Å². The van der Waals surface area contributed by atoms with Gasteiger partial charge in [-0.15, -0.1) is 0 Å². The van der Waals surface area contributed by atoms with E-state index in [0.717, 1.165) is 58.4 Å². The van der Waals surface area contributed by atoms with Crippen molar-refractivity contribution in [1.29, 1.82) is 0 Å². The molecule has 0 aliphatic carbocycles. The van der Waals surface area contributed by atoms with Gasteiger partial charge in [-0.1, -0.05) is 49.7 Å². The second-order valence-electron chi connectivity index (χ2n) is 6.72. The lowest BCUT2D eigenvalue weighted by molar-refractivity contribution is 0.101. The molecule has 3 heteroatoms. The molecular weight excluding hydrogens is 308 g/mol. The summed E-state index contributed by atoms with van der Waals surface area (Å²) in [5.41, 5.74) is 6.05. The number of fused-ring (bicyclic) bond motifs is 1. The largest absolute Gasteiger partial charge is 0.336 e. The first-order chi connectivity index (χ1) is 12.0. The molecule has 0 atom stereocenters. The SMILES string of the molecule is CCCCn1c(C(=O)Nc2c(C)cccc2C)c(C)c2ccccc21. The Morgan fingerprint density at radius 1 is 1.00 bits per heavy atom. The number of nitrogens with one attached hydrogen (secondary N) is 1. The Labute approximate surface area is 149 Å². The molecule has 0 radical (unpaired) electrons. The van der Waals surface area contributed by atoms with Crippen LogP contribution in [0.25, 0.3) is 10.9 Å². The smallest absolute Gasteiger partial charge is 0.272 e. The van der Waals surface area contributed by atoms with Crippen LogP contribution in [0.1, 0.15) is 46.9 Å². The van der Waals surface area contributed by atoms with Gasteiger partial charge in [-0.25, -0.2) is 0 Å². The van der Waals surface area contributed by atoms with E-state index >= 15 is 0 Å². The molecule has 3 aromatic rings. The molecule has 1 amide bonds. The van der Waals surface area contributed by atoms with Crippen LogP contribution in [0, 0.1) is 20.8 Å². The molecule has 1 aromatic heterocycles. The number of anilines is 1. The first kappa shape index (κ1) is 17.3. The number of rotatable bonds is 5. The van der Waals surface area contributed by atoms with Gasteiger partial charge in [0.05, 0.1) is 0 Å². The number of amides is 1. The molecule has 0 spiro atoms. The van der Waals surface area contributed by atoms with Crippen LogP contribution >= 0.6 is 0 Å². The zero-order chi connectivity index (χ0) is 18.0. The minimum atomic E-state index is -0.0257. The minimum Gasteiger partial charge on any atom is -0.336 e. The van der Waals surface area contributed by atoms with Crippen molar-refractivity contribution in [3.8, 4) is 0 Å². The number of aryl methyl sites for hydroxylation is 4. The van der Waals surface area contributed by atoms with E-state index < -0.39 is 0 Å². The molecular formula is C22H26N2O. The van der Waals surface area contributed by atoms with Gasteiger partial charge in [0.15, 0.2) is 0 Å². The first-order valence-corrected chi connectivity index (χ1v) is 9.00. The Bertz CT molecular complexity index is 901. The van der Waals surface area contributed by atoms with E-state index in [1.807, 2.05) is 51.1 Å². The average Bonchev–Trinajstić information content (AvgIpc) is 2.89. The quantitative estimate of drug-likeness (QED) is 0.645. The van der Waals surface area contributed by atoms with Gasteiger partial charge in [-0.3, -0.25) is 4.79 Å². The summed E-state index contributed by atoms with van der Waals surface area (Å²) in [5, 5.41) is 4.31. The van der Waals surface area contributed by atoms with E-state index in [0.29, 0.717) is 0 Å². The summed E-state index contributed by atoms with van der Waals surface area (Å²) < 4.78 is 2.18. The molecule has 0 aliphatic rings. The molecule has 130 valence electrons. The van der Waals surface area contributed by atoms with Crippen molar-refractivity contribution in [2.45, 2.75) is 47.1 Å². The number of hydrogen-bond acceptors (Lipinski definition) is 1. The number of para-hydroxylation sites is 2. The molecule has 1 heterocycles. The fourth-order valence-corrected chi connectivity index (χ4v) is 3.50. The highest BCUT2D eigenvalue weighted by molar-refractivity contribution is 6.09. The van der Waals surface area contributed by atoms with E-state index in [2.05, 4.69) is 28.9 Å². The summed E-state index contributed by atoms with van der Waals surface area (Å²) in [6, 6.07) is 14.4. The van der Waals surface area contributed by atoms with Crippen molar-refractivity contribution in [2.24, 2.45) is 0 Å². The molecule has 0 fully saturated rings. The van der Waals surface area contributed by atoms with E-state index in [1.54, 1.807) is 0 Å². The lowest BCUT2D eigenvalue weighted by atomic mass is 10.1. The Balaban J connectivity index is 2.07. The number of carbonyl (C=O) groups is 1. The molecule has 0 bridgehead atoms. The van der Waals surface area contributed by atoms with Crippen LogP contribution in [0.3, 0.4) is 0 Å². The number of carbonyl (C=O) groups excluding carboxylic acids is 1. The summed E-state index contributed by atoms with van der Waals surface area (Å²) in [7, 11) is 0. The van der Waals surface area contributed by atoms with Crippen LogP contribution in [-0.2, 0) is 6.54 Å². The lowest BCUT2D eigenvalue weighted by Gasteiger charge is -2.14. The molecule has 25 heavy (non-hydrogen) atoms. The van der Waals surface area contributed by atoms with E-state index in [4.69, 9.17) is 0 Å². The van der Waals surface area contributed by atoms with Gasteiger partial charge in [0, 0.05) is 23.1 Å². The summed E-state index contributed by atoms with van der Waals surface area (Å²) in [6.07, 6.45) is 2.16. The number of benzene rings is 2. The summed E-state index contributed by atoms with van der Waals surface area (Å²) in [6.45, 7) is 9.14. The maximum absolute atomic E-state index is 13.2. The van der Waals surface area contributed by atoms with Crippen molar-refractivity contribution in [1.82, 2.24) is 4.57 Å². The number of unbranched alkanes of at least 4 members (excludes halogenated alkanes) is 1. The van der Waals surface area contributed by atoms with Crippen LogP contribution in [0.2, 0.25) is 0 Å². The molecule has 3 nitrogen and oxygen atoms in total. The fourth-order valence-electron chi connectivity index (χ4n) is 3.50. The van der Waals surface area contributed by atoms with E-state index in [-0.39, 0.29) is 5.91 Å². The zero-order valence-electron chi connectivity index (χ0n) is 15.5. The number of nitrogens with zero attached hydrogens (tertiary/aromatic N) is 1. The van der Waals surface area contributed by atoms with Gasteiger partial charge >= 0.3 is 0 Å². The standard InChI is InChI=1S/C22H26N2O/c1-5-6-14-24-19-13-8-7-12-18(19)17(4)21(24)22(25)23-20-15(2)10-9-11-16(20)3/h7-13H,5-6,14H2,1-4H3,(H,23,25). The van der Waals surface area contributed by atoms with Crippen LogP contribution < -0.4 is 5.32 Å². The van der Waals surface area contributed by atoms with Gasteiger partial charge in [-0.05, 0) is 49.9 Å². The third kappa shape index (κ3) is 3.19. The molecule has 1 N–H and O–H groups in total. The van der Waals surface area contributed by atoms with Crippen LogP contribution in [0.4, 0.5) is 5.69 Å². The van der Waals surface area contributed by atoms with Crippen LogP contribution in [0.5, 0.6) is 0 Å². The monoisotopic (exact) mass is 334 g/mol. The Kier molecular flexibility index (Phi) is 4.93. The highest BCUT2D eigenvalue weighted by Gasteiger charge is 2.20. The van der Waals surface area contributed by atoms with Crippen molar-refractivity contribution in [3.63, 3.8) is 0 Å². The van der Waals surface area contributed by atoms with Crippen molar-refractivity contribution in [2.75, 3.05) is 5.32 Å². The first-order valence-electron chi connectivity index (χ1n) is 9.00. The second-order valence-corrected chi connectivity index (χ2v) is 6.72. The second kappa shape index (κ2) is 7.14. The van der Waals surface area contributed by atoms with E-state index in [1.165, 1.54) is 0 Å². The number of aromatic nitrogens is 1. The van der Waals surface area contributed by atoms with Gasteiger partial charge in [0.2, 0.25) is 0 Å². The summed E-state index contributed by atoms with van der Waals surface area (Å²) in [5.74, 6) is -0.0257. The van der Waals surface area contributed by atoms with Gasteiger partial charge in [0.25, 0.3) is 5.91 Å². The minimum absolute atomic E-state index is 0.0257.